The summed E-state index contributed by atoms with van der Waals surface area (Å²) in [5, 5.41) is 4.10. The van der Waals surface area contributed by atoms with E-state index in [0.29, 0.717) is 13.0 Å². The minimum atomic E-state index is 0.0941. The molecule has 0 saturated carbocycles. The smallest absolute Gasteiger partial charge is 0.220 e. The van der Waals surface area contributed by atoms with Gasteiger partial charge in [-0.2, -0.15) is 0 Å². The number of furan rings is 1. The molecule has 0 aliphatic heterocycles. The third-order valence-corrected chi connectivity index (χ3v) is 3.76. The van der Waals surface area contributed by atoms with Crippen molar-refractivity contribution in [2.24, 2.45) is 0 Å². The van der Waals surface area contributed by atoms with Gasteiger partial charge in [0, 0.05) is 18.4 Å². The summed E-state index contributed by atoms with van der Waals surface area (Å²) in [5.74, 6) is 0.0941. The van der Waals surface area contributed by atoms with E-state index in [1.54, 1.807) is 6.26 Å². The first kappa shape index (κ1) is 14.4. The predicted octanol–water partition coefficient (Wildman–Crippen LogP) is 3.72. The summed E-state index contributed by atoms with van der Waals surface area (Å²) in [6.45, 7) is 0.636. The Labute approximate surface area is 130 Å². The van der Waals surface area contributed by atoms with Gasteiger partial charge in [0.1, 0.15) is 5.58 Å². The Kier molecular flexibility index (Phi) is 4.54. The normalized spacial score (nSPS) is 10.7. The topological polar surface area (TPSA) is 42.2 Å². The maximum Gasteiger partial charge on any atom is 0.220 e. The van der Waals surface area contributed by atoms with Crippen LogP contribution in [0.4, 0.5) is 0 Å². The molecule has 0 bridgehead atoms. The van der Waals surface area contributed by atoms with Crippen molar-refractivity contribution in [3.05, 3.63) is 72.0 Å². The molecule has 1 N–H and O–H groups in total. The lowest BCUT2D eigenvalue weighted by Gasteiger charge is -2.05. The Morgan fingerprint density at radius 3 is 2.59 bits per heavy atom. The van der Waals surface area contributed by atoms with Crippen LogP contribution in [0.3, 0.4) is 0 Å². The Morgan fingerprint density at radius 1 is 0.955 bits per heavy atom. The van der Waals surface area contributed by atoms with Gasteiger partial charge in [-0.05, 0) is 30.0 Å². The fourth-order valence-electron chi connectivity index (χ4n) is 2.55. The molecule has 3 nitrogen and oxygen atoms in total. The first-order valence-corrected chi connectivity index (χ1v) is 7.58. The highest BCUT2D eigenvalue weighted by molar-refractivity contribution is 5.81. The zero-order chi connectivity index (χ0) is 15.2. The molecule has 0 aliphatic carbocycles. The van der Waals surface area contributed by atoms with Crippen molar-refractivity contribution in [2.45, 2.75) is 19.3 Å². The van der Waals surface area contributed by atoms with Crippen LogP contribution in [0.1, 0.15) is 17.5 Å². The van der Waals surface area contributed by atoms with Gasteiger partial charge >= 0.3 is 0 Å². The summed E-state index contributed by atoms with van der Waals surface area (Å²) >= 11 is 0. The van der Waals surface area contributed by atoms with Gasteiger partial charge in [0.05, 0.1) is 6.26 Å². The largest absolute Gasteiger partial charge is 0.464 e. The van der Waals surface area contributed by atoms with E-state index < -0.39 is 0 Å². The monoisotopic (exact) mass is 293 g/mol. The number of benzene rings is 2. The first-order chi connectivity index (χ1) is 10.8. The molecular weight excluding hydrogens is 274 g/mol. The molecule has 3 rings (SSSR count). The van der Waals surface area contributed by atoms with Crippen molar-refractivity contribution in [2.75, 3.05) is 6.54 Å². The van der Waals surface area contributed by atoms with E-state index in [9.17, 15) is 4.79 Å². The van der Waals surface area contributed by atoms with Crippen LogP contribution in [0.15, 0.2) is 65.3 Å². The van der Waals surface area contributed by atoms with Crippen molar-refractivity contribution in [1.82, 2.24) is 5.32 Å². The summed E-state index contributed by atoms with van der Waals surface area (Å²) in [6.07, 6.45) is 3.87. The van der Waals surface area contributed by atoms with Crippen molar-refractivity contribution >= 4 is 16.9 Å². The molecule has 112 valence electrons. The van der Waals surface area contributed by atoms with Crippen molar-refractivity contribution in [1.29, 1.82) is 0 Å². The van der Waals surface area contributed by atoms with Crippen LogP contribution in [-0.2, 0) is 17.6 Å². The zero-order valence-corrected chi connectivity index (χ0v) is 12.4. The Bertz CT molecular complexity index is 746. The van der Waals surface area contributed by atoms with E-state index in [1.165, 1.54) is 5.56 Å². The molecule has 22 heavy (non-hydrogen) atoms. The van der Waals surface area contributed by atoms with Gasteiger partial charge in [-0.1, -0.05) is 48.5 Å². The molecule has 0 atom stereocenters. The number of para-hydroxylation sites is 1. The highest BCUT2D eigenvalue weighted by Gasteiger charge is 2.06. The van der Waals surface area contributed by atoms with Crippen LogP contribution < -0.4 is 5.32 Å². The standard InChI is InChI=1S/C19H19NO2/c21-19(11-10-15-6-2-1-3-7-15)20-13-12-16-14-22-18-9-5-4-8-17(16)18/h1-9,14H,10-13H2,(H,20,21). The number of nitrogens with one attached hydrogen (secondary N) is 1. The molecule has 1 aromatic heterocycles. The second-order valence-electron chi connectivity index (χ2n) is 5.34. The molecule has 0 spiro atoms. The predicted molar refractivity (Wildman–Crippen MR) is 87.7 cm³/mol. The number of amides is 1. The van der Waals surface area contributed by atoms with E-state index in [0.717, 1.165) is 29.4 Å². The number of hydrogen-bond donors (Lipinski definition) is 1. The second-order valence-corrected chi connectivity index (χ2v) is 5.34. The maximum atomic E-state index is 11.9. The molecular formula is C19H19NO2. The van der Waals surface area contributed by atoms with Gasteiger partial charge in [0.2, 0.25) is 5.91 Å². The quantitative estimate of drug-likeness (QED) is 0.752. The lowest BCUT2D eigenvalue weighted by Crippen LogP contribution is -2.25. The molecule has 0 fully saturated rings. The summed E-state index contributed by atoms with van der Waals surface area (Å²) in [7, 11) is 0. The third kappa shape index (κ3) is 3.55. The van der Waals surface area contributed by atoms with Crippen LogP contribution in [0.25, 0.3) is 11.0 Å². The Hall–Kier alpha value is -2.55. The number of fused-ring (bicyclic) bond motifs is 1. The lowest BCUT2D eigenvalue weighted by atomic mass is 10.1. The van der Waals surface area contributed by atoms with E-state index in [1.807, 2.05) is 54.6 Å². The average Bonchev–Trinajstić information content (AvgIpc) is 2.97. The van der Waals surface area contributed by atoms with Crippen molar-refractivity contribution < 1.29 is 9.21 Å². The van der Waals surface area contributed by atoms with Gasteiger partial charge in [0.15, 0.2) is 0 Å². The van der Waals surface area contributed by atoms with E-state index in [2.05, 4.69) is 5.32 Å². The fraction of sp³-hybridized carbons (Fsp3) is 0.211. The van der Waals surface area contributed by atoms with Crippen LogP contribution in [-0.4, -0.2) is 12.5 Å². The van der Waals surface area contributed by atoms with Gasteiger partial charge < -0.3 is 9.73 Å². The molecule has 0 unspecified atom stereocenters. The van der Waals surface area contributed by atoms with E-state index in [4.69, 9.17) is 4.42 Å². The van der Waals surface area contributed by atoms with Crippen LogP contribution >= 0.6 is 0 Å². The summed E-state index contributed by atoms with van der Waals surface area (Å²) in [5.41, 5.74) is 3.23. The lowest BCUT2D eigenvalue weighted by molar-refractivity contribution is -0.121. The van der Waals surface area contributed by atoms with Gasteiger partial charge in [0.25, 0.3) is 0 Å². The van der Waals surface area contributed by atoms with Gasteiger partial charge in [-0.3, -0.25) is 4.79 Å². The molecule has 0 aliphatic rings. The molecule has 1 amide bonds. The Morgan fingerprint density at radius 2 is 1.73 bits per heavy atom. The molecule has 3 heteroatoms. The van der Waals surface area contributed by atoms with Crippen molar-refractivity contribution in [3.63, 3.8) is 0 Å². The Balaban J connectivity index is 1.45. The number of rotatable bonds is 6. The first-order valence-electron chi connectivity index (χ1n) is 7.58. The molecule has 3 aromatic rings. The minimum Gasteiger partial charge on any atom is -0.464 e. The van der Waals surface area contributed by atoms with E-state index >= 15 is 0 Å². The number of aryl methyl sites for hydroxylation is 1. The van der Waals surface area contributed by atoms with Crippen LogP contribution in [0.2, 0.25) is 0 Å². The fourth-order valence-corrected chi connectivity index (χ4v) is 2.55. The third-order valence-electron chi connectivity index (χ3n) is 3.76. The molecule has 1 heterocycles. The van der Waals surface area contributed by atoms with Crippen LogP contribution in [0, 0.1) is 0 Å². The van der Waals surface area contributed by atoms with Crippen molar-refractivity contribution in [3.8, 4) is 0 Å². The van der Waals surface area contributed by atoms with Crippen LogP contribution in [0.5, 0.6) is 0 Å². The number of hydrogen-bond acceptors (Lipinski definition) is 2. The summed E-state index contributed by atoms with van der Waals surface area (Å²) in [4.78, 5) is 11.9. The SMILES string of the molecule is O=C(CCc1ccccc1)NCCc1coc2ccccc12. The number of carbonyl (C=O) groups is 1. The average molecular weight is 293 g/mol. The molecule has 2 aromatic carbocycles. The second kappa shape index (κ2) is 6.94. The molecule has 0 radical (unpaired) electrons. The maximum absolute atomic E-state index is 11.9. The number of carbonyl (C=O) groups excluding carboxylic acids is 1. The minimum absolute atomic E-state index is 0.0941. The van der Waals surface area contributed by atoms with Gasteiger partial charge in [-0.25, -0.2) is 0 Å². The highest BCUT2D eigenvalue weighted by Crippen LogP contribution is 2.20. The van der Waals surface area contributed by atoms with E-state index in [-0.39, 0.29) is 5.91 Å². The highest BCUT2D eigenvalue weighted by atomic mass is 16.3. The summed E-state index contributed by atoms with van der Waals surface area (Å²) < 4.78 is 5.50. The van der Waals surface area contributed by atoms with Gasteiger partial charge in [-0.15, -0.1) is 0 Å². The molecule has 0 saturated heterocycles. The zero-order valence-electron chi connectivity index (χ0n) is 12.4. The summed E-state index contributed by atoms with van der Waals surface area (Å²) in [6, 6.07) is 18.0.